The maximum atomic E-state index is 12.4. The Morgan fingerprint density at radius 3 is 2.71 bits per heavy atom. The molecule has 0 saturated carbocycles. The highest BCUT2D eigenvalue weighted by Gasteiger charge is 2.20. The molecule has 1 aromatic carbocycles. The van der Waals surface area contributed by atoms with E-state index in [9.17, 15) is 9.59 Å². The molecule has 1 saturated heterocycles. The van der Waals surface area contributed by atoms with Crippen LogP contribution in [0.2, 0.25) is 5.02 Å². The normalized spacial score (nSPS) is 15.7. The van der Waals surface area contributed by atoms with Gasteiger partial charge < -0.3 is 20.2 Å². The van der Waals surface area contributed by atoms with Crippen LogP contribution in [0.3, 0.4) is 0 Å². The van der Waals surface area contributed by atoms with E-state index in [1.807, 2.05) is 23.9 Å². The molecule has 2 N–H and O–H groups in total. The number of halogens is 1. The Balaban J connectivity index is 2.11. The summed E-state index contributed by atoms with van der Waals surface area (Å²) in [5.41, 5.74) is 1.59. The first-order chi connectivity index (χ1) is 11.4. The second-order valence-corrected chi connectivity index (χ2v) is 7.47. The molecule has 1 aliphatic heterocycles. The average molecular weight is 372 g/mol. The lowest BCUT2D eigenvalue weighted by Crippen LogP contribution is -2.37. The molecule has 1 heterocycles. The van der Waals surface area contributed by atoms with Crippen LogP contribution in [0.1, 0.15) is 6.92 Å². The van der Waals surface area contributed by atoms with Crippen molar-refractivity contribution in [3.05, 3.63) is 23.2 Å². The highest BCUT2D eigenvalue weighted by Crippen LogP contribution is 2.31. The third kappa shape index (κ3) is 4.95. The number of amides is 2. The topological polar surface area (TPSA) is 72.9 Å². The van der Waals surface area contributed by atoms with Gasteiger partial charge in [0.25, 0.3) is 0 Å². The summed E-state index contributed by atoms with van der Waals surface area (Å²) >= 11 is 7.99. The second-order valence-electron chi connectivity index (χ2n) is 5.81. The van der Waals surface area contributed by atoms with Gasteiger partial charge in [-0.15, -0.1) is 0 Å². The number of carboxylic acids is 1. The molecule has 0 aliphatic carbocycles. The number of hydrogen-bond acceptors (Lipinski definition) is 4. The van der Waals surface area contributed by atoms with Crippen LogP contribution in [-0.2, 0) is 4.79 Å². The standard InChI is InChI=1S/C16H22ClN3O3S/c1-11(15(21)22)10-19(2)16(23)18-13-9-12(17)3-4-14(13)20-5-7-24-8-6-20/h3-4,9,11H,5-8,10H2,1-2H3,(H,18,23)(H,21,22). The number of thioether (sulfide) groups is 1. The third-order valence-electron chi connectivity index (χ3n) is 3.87. The molecule has 24 heavy (non-hydrogen) atoms. The molecule has 132 valence electrons. The number of anilines is 2. The van der Waals surface area contributed by atoms with Crippen LogP contribution in [0.5, 0.6) is 0 Å². The second kappa shape index (κ2) is 8.48. The van der Waals surface area contributed by atoms with Crippen molar-refractivity contribution in [1.29, 1.82) is 0 Å². The molecular weight excluding hydrogens is 350 g/mol. The van der Waals surface area contributed by atoms with Crippen LogP contribution >= 0.6 is 23.4 Å². The summed E-state index contributed by atoms with van der Waals surface area (Å²) < 4.78 is 0. The molecule has 2 rings (SSSR count). The largest absolute Gasteiger partial charge is 0.481 e. The van der Waals surface area contributed by atoms with E-state index in [0.717, 1.165) is 30.3 Å². The van der Waals surface area contributed by atoms with Crippen LogP contribution < -0.4 is 10.2 Å². The van der Waals surface area contributed by atoms with Gasteiger partial charge in [0.2, 0.25) is 0 Å². The van der Waals surface area contributed by atoms with Gasteiger partial charge in [-0.2, -0.15) is 11.8 Å². The molecule has 0 aromatic heterocycles. The molecule has 8 heteroatoms. The Kier molecular flexibility index (Phi) is 6.62. The molecule has 0 spiro atoms. The molecule has 6 nitrogen and oxygen atoms in total. The smallest absolute Gasteiger partial charge is 0.321 e. The Bertz CT molecular complexity index is 608. The molecule has 1 aromatic rings. The molecule has 0 bridgehead atoms. The van der Waals surface area contributed by atoms with Gasteiger partial charge in [-0.05, 0) is 18.2 Å². The summed E-state index contributed by atoms with van der Waals surface area (Å²) in [7, 11) is 1.58. The summed E-state index contributed by atoms with van der Waals surface area (Å²) in [4.78, 5) is 26.9. The highest BCUT2D eigenvalue weighted by molar-refractivity contribution is 7.99. The summed E-state index contributed by atoms with van der Waals surface area (Å²) in [6.07, 6.45) is 0. The molecule has 1 aliphatic rings. The van der Waals surface area contributed by atoms with E-state index >= 15 is 0 Å². The number of benzene rings is 1. The predicted molar refractivity (Wildman–Crippen MR) is 99.4 cm³/mol. The number of aliphatic carboxylic acids is 1. The lowest BCUT2D eigenvalue weighted by Gasteiger charge is -2.31. The van der Waals surface area contributed by atoms with Crippen molar-refractivity contribution in [3.8, 4) is 0 Å². The summed E-state index contributed by atoms with van der Waals surface area (Å²) in [6.45, 7) is 3.54. The fraction of sp³-hybridized carbons (Fsp3) is 0.500. The molecule has 1 unspecified atom stereocenters. The maximum Gasteiger partial charge on any atom is 0.321 e. The number of carboxylic acid groups (broad SMARTS) is 1. The van der Waals surface area contributed by atoms with E-state index in [1.165, 1.54) is 4.90 Å². The van der Waals surface area contributed by atoms with Gasteiger partial charge in [-0.3, -0.25) is 4.79 Å². The fourth-order valence-corrected chi connectivity index (χ4v) is 3.55. The van der Waals surface area contributed by atoms with Crippen LogP contribution in [-0.4, -0.2) is 60.2 Å². The van der Waals surface area contributed by atoms with E-state index in [1.54, 1.807) is 20.0 Å². The SMILES string of the molecule is CC(CN(C)C(=O)Nc1cc(Cl)ccc1N1CCSCC1)C(=O)O. The predicted octanol–water partition coefficient (Wildman–Crippen LogP) is 3.08. The monoisotopic (exact) mass is 371 g/mol. The van der Waals surface area contributed by atoms with Crippen LogP contribution in [0.4, 0.5) is 16.2 Å². The highest BCUT2D eigenvalue weighted by atomic mass is 35.5. The van der Waals surface area contributed by atoms with E-state index in [-0.39, 0.29) is 12.6 Å². The minimum atomic E-state index is -0.927. The first kappa shape index (κ1) is 18.7. The van der Waals surface area contributed by atoms with E-state index < -0.39 is 11.9 Å². The van der Waals surface area contributed by atoms with Crippen molar-refractivity contribution < 1.29 is 14.7 Å². The van der Waals surface area contributed by atoms with E-state index in [2.05, 4.69) is 10.2 Å². The Labute approximate surface area is 151 Å². The molecule has 0 radical (unpaired) electrons. The fourth-order valence-electron chi connectivity index (χ4n) is 2.47. The van der Waals surface area contributed by atoms with Crippen LogP contribution in [0.25, 0.3) is 0 Å². The number of hydrogen-bond donors (Lipinski definition) is 2. The number of carbonyl (C=O) groups excluding carboxylic acids is 1. The molecular formula is C16H22ClN3O3S. The first-order valence-electron chi connectivity index (χ1n) is 7.75. The van der Waals surface area contributed by atoms with Crippen molar-refractivity contribution >= 4 is 46.7 Å². The Morgan fingerprint density at radius 1 is 1.42 bits per heavy atom. The van der Waals surface area contributed by atoms with Crippen molar-refractivity contribution in [3.63, 3.8) is 0 Å². The molecule has 2 amide bonds. The lowest BCUT2D eigenvalue weighted by atomic mass is 10.2. The minimum absolute atomic E-state index is 0.136. The van der Waals surface area contributed by atoms with Crippen molar-refractivity contribution in [2.24, 2.45) is 5.92 Å². The number of nitrogens with zero attached hydrogens (tertiary/aromatic N) is 2. The van der Waals surface area contributed by atoms with Crippen LogP contribution in [0, 0.1) is 5.92 Å². The molecule has 1 fully saturated rings. The van der Waals surface area contributed by atoms with E-state index in [4.69, 9.17) is 16.7 Å². The quantitative estimate of drug-likeness (QED) is 0.832. The van der Waals surface area contributed by atoms with Gasteiger partial charge in [0, 0.05) is 43.2 Å². The lowest BCUT2D eigenvalue weighted by molar-refractivity contribution is -0.141. The van der Waals surface area contributed by atoms with Gasteiger partial charge in [0.05, 0.1) is 17.3 Å². The number of rotatable bonds is 5. The zero-order valence-electron chi connectivity index (χ0n) is 13.8. The third-order valence-corrected chi connectivity index (χ3v) is 5.05. The summed E-state index contributed by atoms with van der Waals surface area (Å²) in [5.74, 6) is 0.542. The summed E-state index contributed by atoms with van der Waals surface area (Å²) in [6, 6.07) is 5.10. The van der Waals surface area contributed by atoms with Gasteiger partial charge in [-0.25, -0.2) is 4.79 Å². The van der Waals surface area contributed by atoms with Gasteiger partial charge in [-0.1, -0.05) is 18.5 Å². The summed E-state index contributed by atoms with van der Waals surface area (Å²) in [5, 5.41) is 12.4. The Morgan fingerprint density at radius 2 is 2.08 bits per heavy atom. The van der Waals surface area contributed by atoms with Gasteiger partial charge in [0.15, 0.2) is 0 Å². The van der Waals surface area contributed by atoms with Crippen molar-refractivity contribution in [2.45, 2.75) is 6.92 Å². The Hall–Kier alpha value is -1.60. The average Bonchev–Trinajstić information content (AvgIpc) is 2.55. The zero-order valence-corrected chi connectivity index (χ0v) is 15.4. The number of carbonyl (C=O) groups is 2. The molecule has 1 atom stereocenters. The van der Waals surface area contributed by atoms with E-state index in [0.29, 0.717) is 10.7 Å². The number of nitrogens with one attached hydrogen (secondary N) is 1. The van der Waals surface area contributed by atoms with Crippen LogP contribution in [0.15, 0.2) is 18.2 Å². The van der Waals surface area contributed by atoms with Crippen molar-refractivity contribution in [2.75, 3.05) is 48.4 Å². The van der Waals surface area contributed by atoms with Crippen molar-refractivity contribution in [1.82, 2.24) is 4.90 Å². The zero-order chi connectivity index (χ0) is 17.7. The van der Waals surface area contributed by atoms with Gasteiger partial charge in [0.1, 0.15) is 0 Å². The maximum absolute atomic E-state index is 12.4. The minimum Gasteiger partial charge on any atom is -0.481 e. The number of urea groups is 1. The van der Waals surface area contributed by atoms with Gasteiger partial charge >= 0.3 is 12.0 Å². The first-order valence-corrected chi connectivity index (χ1v) is 9.29.